The van der Waals surface area contributed by atoms with E-state index in [1.165, 1.54) is 28.7 Å². The number of halogens is 1. The average Bonchev–Trinajstić information content (AvgIpc) is 3.17. The Kier molecular flexibility index (Phi) is 5.42. The predicted octanol–water partition coefficient (Wildman–Crippen LogP) is 1.84. The van der Waals surface area contributed by atoms with Crippen LogP contribution < -0.4 is 10.6 Å². The second-order valence-corrected chi connectivity index (χ2v) is 7.43. The molecule has 0 bridgehead atoms. The maximum Gasteiger partial charge on any atom is 0.318 e. The summed E-state index contributed by atoms with van der Waals surface area (Å²) in [4.78, 5) is 35.8. The van der Waals surface area contributed by atoms with Crippen LogP contribution in [0, 0.1) is 12.7 Å². The Morgan fingerprint density at radius 1 is 1.34 bits per heavy atom. The first kappa shape index (κ1) is 19.3. The monoisotopic (exact) mass is 397 g/mol. The molecule has 2 heterocycles. The molecule has 2 aliphatic rings. The molecule has 1 aromatic carbocycles. The van der Waals surface area contributed by atoms with E-state index in [-0.39, 0.29) is 11.9 Å². The highest BCUT2D eigenvalue weighted by molar-refractivity contribution is 5.89. The van der Waals surface area contributed by atoms with E-state index in [0.717, 1.165) is 36.5 Å². The lowest BCUT2D eigenvalue weighted by Gasteiger charge is -2.35. The van der Waals surface area contributed by atoms with E-state index in [0.29, 0.717) is 31.6 Å². The maximum atomic E-state index is 13.6. The zero-order valence-electron chi connectivity index (χ0n) is 16.4. The van der Waals surface area contributed by atoms with Gasteiger partial charge in [-0.3, -0.25) is 4.79 Å². The van der Waals surface area contributed by atoms with E-state index in [1.54, 1.807) is 6.07 Å². The SMILES string of the molecule is Cc1nc(CCNC(=O)N2CCNC(=O)[C@H]2c2cccc(F)c2)nc2c1CCC2. The third-order valence-electron chi connectivity index (χ3n) is 5.45. The van der Waals surface area contributed by atoms with Crippen LogP contribution in [0.25, 0.3) is 0 Å². The summed E-state index contributed by atoms with van der Waals surface area (Å²) in [5.41, 5.74) is 3.86. The van der Waals surface area contributed by atoms with Crippen molar-refractivity contribution in [1.82, 2.24) is 25.5 Å². The molecule has 1 saturated heterocycles. The first-order chi connectivity index (χ1) is 14.0. The summed E-state index contributed by atoms with van der Waals surface area (Å²) in [6, 6.07) is 4.59. The molecular formula is C21H24FN5O2. The lowest BCUT2D eigenvalue weighted by Crippen LogP contribution is -2.55. The van der Waals surface area contributed by atoms with Crippen LogP contribution in [0.15, 0.2) is 24.3 Å². The number of nitrogens with one attached hydrogen (secondary N) is 2. The summed E-state index contributed by atoms with van der Waals surface area (Å²) >= 11 is 0. The van der Waals surface area contributed by atoms with Gasteiger partial charge in [0.25, 0.3) is 0 Å². The molecule has 152 valence electrons. The lowest BCUT2D eigenvalue weighted by atomic mass is 10.0. The summed E-state index contributed by atoms with van der Waals surface area (Å²) in [7, 11) is 0. The van der Waals surface area contributed by atoms with Crippen LogP contribution in [0.5, 0.6) is 0 Å². The highest BCUT2D eigenvalue weighted by Gasteiger charge is 2.34. The van der Waals surface area contributed by atoms with Crippen molar-refractivity contribution in [2.24, 2.45) is 0 Å². The van der Waals surface area contributed by atoms with Crippen molar-refractivity contribution < 1.29 is 14.0 Å². The summed E-state index contributed by atoms with van der Waals surface area (Å²) in [6.07, 6.45) is 3.65. The number of carbonyl (C=O) groups excluding carboxylic acids is 2. The standard InChI is InChI=1S/C21H24FN5O2/c1-13-16-6-3-7-17(16)26-18(25-13)8-9-24-21(29)27-11-10-23-20(28)19(27)14-4-2-5-15(22)12-14/h2,4-5,12,19H,3,6-11H2,1H3,(H,23,28)(H,24,29)/t19-/m1/s1. The fraction of sp³-hybridized carbons (Fsp3) is 0.429. The van der Waals surface area contributed by atoms with Gasteiger partial charge >= 0.3 is 6.03 Å². The van der Waals surface area contributed by atoms with Crippen LogP contribution in [0.1, 0.15) is 40.8 Å². The highest BCUT2D eigenvalue weighted by Crippen LogP contribution is 2.24. The van der Waals surface area contributed by atoms with Gasteiger partial charge in [0.2, 0.25) is 5.91 Å². The molecule has 1 fully saturated rings. The first-order valence-electron chi connectivity index (χ1n) is 9.96. The Hall–Kier alpha value is -3.03. The Morgan fingerprint density at radius 2 is 2.21 bits per heavy atom. The van der Waals surface area contributed by atoms with Crippen molar-refractivity contribution in [3.8, 4) is 0 Å². The van der Waals surface area contributed by atoms with E-state index < -0.39 is 11.9 Å². The minimum Gasteiger partial charge on any atom is -0.352 e. The van der Waals surface area contributed by atoms with E-state index in [4.69, 9.17) is 0 Å². The number of amides is 3. The fourth-order valence-electron chi connectivity index (χ4n) is 4.07. The summed E-state index contributed by atoms with van der Waals surface area (Å²) < 4.78 is 13.6. The molecule has 29 heavy (non-hydrogen) atoms. The summed E-state index contributed by atoms with van der Waals surface area (Å²) in [6.45, 7) is 3.09. The number of nitrogens with zero attached hydrogens (tertiary/aromatic N) is 3. The maximum absolute atomic E-state index is 13.6. The van der Waals surface area contributed by atoms with Crippen LogP contribution in [0.3, 0.4) is 0 Å². The Bertz CT molecular complexity index is 949. The number of hydrogen-bond donors (Lipinski definition) is 2. The second-order valence-electron chi connectivity index (χ2n) is 7.43. The molecule has 3 amide bonds. The topological polar surface area (TPSA) is 87.2 Å². The average molecular weight is 397 g/mol. The van der Waals surface area contributed by atoms with Gasteiger partial charge in [0.15, 0.2) is 0 Å². The fourth-order valence-corrected chi connectivity index (χ4v) is 4.07. The smallest absolute Gasteiger partial charge is 0.318 e. The zero-order valence-corrected chi connectivity index (χ0v) is 16.4. The van der Waals surface area contributed by atoms with Gasteiger partial charge in [-0.25, -0.2) is 19.2 Å². The predicted molar refractivity (Wildman–Crippen MR) is 105 cm³/mol. The van der Waals surface area contributed by atoms with Crippen molar-refractivity contribution in [2.45, 2.75) is 38.6 Å². The molecule has 4 rings (SSSR count). The van der Waals surface area contributed by atoms with Crippen LogP contribution >= 0.6 is 0 Å². The van der Waals surface area contributed by atoms with Gasteiger partial charge in [-0.1, -0.05) is 12.1 Å². The molecule has 0 saturated carbocycles. The van der Waals surface area contributed by atoms with Gasteiger partial charge in [-0.05, 0) is 49.4 Å². The van der Waals surface area contributed by atoms with Crippen LogP contribution in [0.2, 0.25) is 0 Å². The van der Waals surface area contributed by atoms with Crippen molar-refractivity contribution in [3.05, 3.63) is 58.4 Å². The lowest BCUT2D eigenvalue weighted by molar-refractivity contribution is -0.127. The normalized spacial score (nSPS) is 18.3. The van der Waals surface area contributed by atoms with E-state index in [1.807, 2.05) is 6.92 Å². The number of aryl methyl sites for hydroxylation is 2. The number of carbonyl (C=O) groups is 2. The van der Waals surface area contributed by atoms with Crippen LogP contribution in [-0.2, 0) is 24.1 Å². The molecule has 2 aromatic rings. The summed E-state index contributed by atoms with van der Waals surface area (Å²) in [5.74, 6) is -0.0264. The number of urea groups is 1. The third kappa shape index (κ3) is 4.06. The number of aromatic nitrogens is 2. The zero-order chi connectivity index (χ0) is 20.4. The highest BCUT2D eigenvalue weighted by atomic mass is 19.1. The molecule has 0 spiro atoms. The van der Waals surface area contributed by atoms with Gasteiger partial charge in [-0.2, -0.15) is 0 Å². The third-order valence-corrected chi connectivity index (χ3v) is 5.45. The minimum absolute atomic E-state index is 0.311. The number of rotatable bonds is 4. The van der Waals surface area contributed by atoms with Crippen LogP contribution in [0.4, 0.5) is 9.18 Å². The molecule has 2 N–H and O–H groups in total. The van der Waals surface area contributed by atoms with Crippen LogP contribution in [-0.4, -0.2) is 46.4 Å². The van der Waals surface area contributed by atoms with Crippen molar-refractivity contribution in [1.29, 1.82) is 0 Å². The van der Waals surface area contributed by atoms with E-state index in [9.17, 15) is 14.0 Å². The number of piperazine rings is 1. The molecule has 0 unspecified atom stereocenters. The number of benzene rings is 1. The van der Waals surface area contributed by atoms with Gasteiger partial charge in [0, 0.05) is 37.4 Å². The van der Waals surface area contributed by atoms with Gasteiger partial charge < -0.3 is 15.5 Å². The molecule has 0 radical (unpaired) electrons. The Morgan fingerprint density at radius 3 is 3.03 bits per heavy atom. The van der Waals surface area contributed by atoms with Gasteiger partial charge in [0.1, 0.15) is 17.7 Å². The molecule has 1 aromatic heterocycles. The van der Waals surface area contributed by atoms with Gasteiger partial charge in [0.05, 0.1) is 0 Å². The quantitative estimate of drug-likeness (QED) is 0.824. The first-order valence-corrected chi connectivity index (χ1v) is 9.96. The van der Waals surface area contributed by atoms with Crippen molar-refractivity contribution >= 4 is 11.9 Å². The second kappa shape index (κ2) is 8.14. The Labute approximate surface area is 168 Å². The molecule has 1 aliphatic heterocycles. The largest absolute Gasteiger partial charge is 0.352 e. The molecule has 1 aliphatic carbocycles. The number of fused-ring (bicyclic) bond motifs is 1. The molecule has 7 nitrogen and oxygen atoms in total. The van der Waals surface area contributed by atoms with Gasteiger partial charge in [-0.15, -0.1) is 0 Å². The summed E-state index contributed by atoms with van der Waals surface area (Å²) in [5, 5.41) is 5.60. The minimum atomic E-state index is -0.849. The Balaban J connectivity index is 1.42. The number of hydrogen-bond acceptors (Lipinski definition) is 4. The van der Waals surface area contributed by atoms with Crippen molar-refractivity contribution in [3.63, 3.8) is 0 Å². The molecule has 8 heteroatoms. The van der Waals surface area contributed by atoms with E-state index in [2.05, 4.69) is 20.6 Å². The molecule has 1 atom stereocenters. The molecular weight excluding hydrogens is 373 g/mol. The van der Waals surface area contributed by atoms with E-state index >= 15 is 0 Å². The van der Waals surface area contributed by atoms with Crippen molar-refractivity contribution in [2.75, 3.05) is 19.6 Å².